The maximum Gasteiger partial charge on any atom is 0.342 e. The van der Waals surface area contributed by atoms with E-state index in [1.54, 1.807) is 28.8 Å². The Hall–Kier alpha value is -1.71. The standard InChI is InChI=1S/C9H9N5O2S2/c15-7(13-16)10-5-2-1-3-6(4-5)14-8(17)11-12-9(14)18/h1-4,16H,(H,11,17)(H,12,18)(H2,10,13,15). The van der Waals surface area contributed by atoms with Gasteiger partial charge in [0.1, 0.15) is 0 Å². The molecule has 0 unspecified atom stereocenters. The van der Waals surface area contributed by atoms with Crippen LogP contribution in [0.2, 0.25) is 0 Å². The van der Waals surface area contributed by atoms with Crippen LogP contribution in [0.15, 0.2) is 34.6 Å². The molecule has 2 amide bonds. The lowest BCUT2D eigenvalue weighted by molar-refractivity contribution is 0.172. The highest BCUT2D eigenvalue weighted by atomic mass is 32.1. The number of carbonyl (C=O) groups excluding carboxylic acids is 1. The van der Waals surface area contributed by atoms with Crippen molar-refractivity contribution in [3.63, 3.8) is 0 Å². The number of hydroxylamine groups is 1. The van der Waals surface area contributed by atoms with Crippen LogP contribution in [0.1, 0.15) is 0 Å². The maximum absolute atomic E-state index is 11.0. The Bertz CT molecular complexity index is 567. The number of nitrogens with one attached hydrogen (secondary N) is 2. The number of thiol groups is 2. The number of nitrogens with zero attached hydrogens (tertiary/aromatic N) is 3. The van der Waals surface area contributed by atoms with E-state index in [1.807, 2.05) is 0 Å². The van der Waals surface area contributed by atoms with Crippen molar-refractivity contribution >= 4 is 37.0 Å². The summed E-state index contributed by atoms with van der Waals surface area (Å²) in [4.78, 5) is 11.0. The molecule has 0 atom stereocenters. The van der Waals surface area contributed by atoms with Gasteiger partial charge in [0.2, 0.25) is 0 Å². The van der Waals surface area contributed by atoms with Crippen LogP contribution in [-0.4, -0.2) is 26.0 Å². The third kappa shape index (κ3) is 2.58. The van der Waals surface area contributed by atoms with Gasteiger partial charge in [-0.05, 0) is 18.2 Å². The zero-order chi connectivity index (χ0) is 13.1. The summed E-state index contributed by atoms with van der Waals surface area (Å²) in [6, 6.07) is 6.11. The second-order valence-corrected chi connectivity index (χ2v) is 4.05. The van der Waals surface area contributed by atoms with Gasteiger partial charge in [0.05, 0.1) is 5.69 Å². The van der Waals surface area contributed by atoms with Crippen LogP contribution in [0.3, 0.4) is 0 Å². The Morgan fingerprint density at radius 1 is 1.28 bits per heavy atom. The van der Waals surface area contributed by atoms with Gasteiger partial charge in [0, 0.05) is 5.69 Å². The fraction of sp³-hybridized carbons (Fsp3) is 0. The molecule has 0 bridgehead atoms. The molecule has 0 aliphatic carbocycles. The van der Waals surface area contributed by atoms with E-state index in [2.05, 4.69) is 40.8 Å². The summed E-state index contributed by atoms with van der Waals surface area (Å²) < 4.78 is 1.59. The molecule has 1 aromatic heterocycles. The fourth-order valence-electron chi connectivity index (χ4n) is 1.38. The molecule has 3 N–H and O–H groups in total. The SMILES string of the molecule is O=C(NO)Nc1cccc(-n2c(S)nnc2S)c1. The Labute approximate surface area is 113 Å². The number of benzene rings is 1. The molecule has 1 aromatic carbocycles. The quantitative estimate of drug-likeness (QED) is 0.327. The first kappa shape index (κ1) is 12.7. The molecule has 2 aromatic rings. The molecule has 7 nitrogen and oxygen atoms in total. The first-order chi connectivity index (χ1) is 8.61. The molecule has 1 heterocycles. The van der Waals surface area contributed by atoms with E-state index in [0.29, 0.717) is 21.7 Å². The number of aromatic nitrogens is 3. The molecule has 94 valence electrons. The average Bonchev–Trinajstić information content (AvgIpc) is 2.69. The van der Waals surface area contributed by atoms with E-state index >= 15 is 0 Å². The first-order valence-electron chi connectivity index (χ1n) is 4.76. The molecule has 0 aliphatic heterocycles. The van der Waals surface area contributed by atoms with Gasteiger partial charge >= 0.3 is 6.03 Å². The summed E-state index contributed by atoms with van der Waals surface area (Å²) >= 11 is 8.31. The van der Waals surface area contributed by atoms with Gasteiger partial charge in [0.15, 0.2) is 10.3 Å². The van der Waals surface area contributed by atoms with Crippen LogP contribution < -0.4 is 10.8 Å². The zero-order valence-electron chi connectivity index (χ0n) is 8.90. The molecular weight excluding hydrogens is 274 g/mol. The van der Waals surface area contributed by atoms with Crippen molar-refractivity contribution in [2.45, 2.75) is 10.3 Å². The minimum absolute atomic E-state index is 0.378. The molecule has 0 fully saturated rings. The van der Waals surface area contributed by atoms with Crippen molar-refractivity contribution < 1.29 is 10.0 Å². The van der Waals surface area contributed by atoms with E-state index in [0.717, 1.165) is 0 Å². The molecule has 0 radical (unpaired) electrons. The van der Waals surface area contributed by atoms with Gasteiger partial charge in [-0.2, -0.15) is 0 Å². The van der Waals surface area contributed by atoms with Crippen LogP contribution in [0.5, 0.6) is 0 Å². The van der Waals surface area contributed by atoms with Gasteiger partial charge in [-0.3, -0.25) is 9.77 Å². The smallest absolute Gasteiger partial charge is 0.306 e. The number of urea groups is 1. The van der Waals surface area contributed by atoms with Crippen molar-refractivity contribution in [2.24, 2.45) is 0 Å². The minimum atomic E-state index is -0.729. The number of hydrogen-bond donors (Lipinski definition) is 5. The van der Waals surface area contributed by atoms with Crippen LogP contribution in [0.25, 0.3) is 5.69 Å². The van der Waals surface area contributed by atoms with Crippen molar-refractivity contribution in [3.05, 3.63) is 24.3 Å². The highest BCUT2D eigenvalue weighted by Crippen LogP contribution is 2.20. The molecule has 0 saturated carbocycles. The molecule has 2 rings (SSSR count). The maximum atomic E-state index is 11.0. The Morgan fingerprint density at radius 3 is 2.56 bits per heavy atom. The lowest BCUT2D eigenvalue weighted by Gasteiger charge is -2.08. The molecule has 0 saturated heterocycles. The lowest BCUT2D eigenvalue weighted by atomic mass is 10.3. The molecule has 0 aliphatic rings. The zero-order valence-corrected chi connectivity index (χ0v) is 10.7. The van der Waals surface area contributed by atoms with Crippen molar-refractivity contribution in [1.29, 1.82) is 0 Å². The van der Waals surface area contributed by atoms with Crippen LogP contribution in [-0.2, 0) is 0 Å². The summed E-state index contributed by atoms with van der Waals surface area (Å²) in [5, 5.41) is 19.1. The van der Waals surface area contributed by atoms with Gasteiger partial charge in [0.25, 0.3) is 0 Å². The van der Waals surface area contributed by atoms with Crippen molar-refractivity contribution in [3.8, 4) is 5.69 Å². The fourth-order valence-corrected chi connectivity index (χ4v) is 1.97. The van der Waals surface area contributed by atoms with E-state index in [1.165, 1.54) is 5.48 Å². The molecule has 9 heteroatoms. The van der Waals surface area contributed by atoms with E-state index < -0.39 is 6.03 Å². The molecule has 18 heavy (non-hydrogen) atoms. The highest BCUT2D eigenvalue weighted by Gasteiger charge is 2.09. The predicted octanol–water partition coefficient (Wildman–Crippen LogP) is 1.36. The van der Waals surface area contributed by atoms with E-state index in [-0.39, 0.29) is 0 Å². The van der Waals surface area contributed by atoms with Crippen molar-refractivity contribution in [2.75, 3.05) is 5.32 Å². The number of carbonyl (C=O) groups is 1. The summed E-state index contributed by atoms with van der Waals surface area (Å²) in [6.07, 6.45) is 0. The normalized spacial score (nSPS) is 10.2. The second kappa shape index (κ2) is 5.29. The van der Waals surface area contributed by atoms with Crippen LogP contribution >= 0.6 is 25.3 Å². The van der Waals surface area contributed by atoms with Gasteiger partial charge in [-0.25, -0.2) is 10.3 Å². The highest BCUT2D eigenvalue weighted by molar-refractivity contribution is 7.80. The monoisotopic (exact) mass is 283 g/mol. The van der Waals surface area contributed by atoms with E-state index in [4.69, 9.17) is 5.21 Å². The molecular formula is C9H9N5O2S2. The molecule has 0 spiro atoms. The summed E-state index contributed by atoms with van der Waals surface area (Å²) in [6.45, 7) is 0. The third-order valence-electron chi connectivity index (χ3n) is 2.09. The van der Waals surface area contributed by atoms with Gasteiger partial charge in [-0.1, -0.05) is 6.07 Å². The average molecular weight is 283 g/mol. The second-order valence-electron chi connectivity index (χ2n) is 3.25. The number of anilines is 1. The third-order valence-corrected chi connectivity index (χ3v) is 2.67. The first-order valence-corrected chi connectivity index (χ1v) is 5.66. The number of rotatable bonds is 2. The topological polar surface area (TPSA) is 92.1 Å². The summed E-state index contributed by atoms with van der Waals surface area (Å²) in [7, 11) is 0. The van der Waals surface area contributed by atoms with Crippen LogP contribution in [0, 0.1) is 0 Å². The van der Waals surface area contributed by atoms with Gasteiger partial charge in [-0.15, -0.1) is 35.5 Å². The Morgan fingerprint density at radius 2 is 1.94 bits per heavy atom. The summed E-state index contributed by atoms with van der Waals surface area (Å²) in [5.41, 5.74) is 2.66. The van der Waals surface area contributed by atoms with Crippen molar-refractivity contribution in [1.82, 2.24) is 20.2 Å². The number of amides is 2. The van der Waals surface area contributed by atoms with Crippen LogP contribution in [0.4, 0.5) is 10.5 Å². The Kier molecular flexibility index (Phi) is 3.75. The largest absolute Gasteiger partial charge is 0.342 e. The lowest BCUT2D eigenvalue weighted by Crippen LogP contribution is -2.25. The minimum Gasteiger partial charge on any atom is -0.306 e. The summed E-state index contributed by atoms with van der Waals surface area (Å²) in [5.74, 6) is 0. The Balaban J connectivity index is 2.36. The van der Waals surface area contributed by atoms with Gasteiger partial charge < -0.3 is 5.32 Å². The predicted molar refractivity (Wildman–Crippen MR) is 69.8 cm³/mol. The van der Waals surface area contributed by atoms with E-state index in [9.17, 15) is 4.79 Å². The number of hydrogen-bond acceptors (Lipinski definition) is 6.